The van der Waals surface area contributed by atoms with Crippen molar-refractivity contribution in [1.29, 1.82) is 0 Å². The Labute approximate surface area is 92.1 Å². The first-order chi connectivity index (χ1) is 6.93. The minimum Gasteiger partial charge on any atom is -0.298 e. The van der Waals surface area contributed by atoms with Crippen molar-refractivity contribution in [3.8, 4) is 0 Å². The van der Waals surface area contributed by atoms with Crippen molar-refractivity contribution >= 4 is 17.4 Å². The van der Waals surface area contributed by atoms with E-state index in [1.54, 1.807) is 6.92 Å². The first-order valence-corrected chi connectivity index (χ1v) is 4.90. The Kier molecular flexibility index (Phi) is 3.80. The summed E-state index contributed by atoms with van der Waals surface area (Å²) in [7, 11) is 0. The van der Waals surface area contributed by atoms with E-state index >= 15 is 0 Å². The molecule has 0 spiro atoms. The van der Waals surface area contributed by atoms with Crippen LogP contribution in [-0.4, -0.2) is 5.78 Å². The maximum Gasteiger partial charge on any atom is 0.264 e. The van der Waals surface area contributed by atoms with Gasteiger partial charge in [0.15, 0.2) is 5.78 Å². The van der Waals surface area contributed by atoms with E-state index < -0.39 is 11.8 Å². The number of alkyl halides is 3. The van der Waals surface area contributed by atoms with E-state index in [2.05, 4.69) is 0 Å². The monoisotopic (exact) mass is 232 g/mol. The number of Topliss-reactive ketones (excluding diaryl/α,β-unsaturated/α-hetero) is 1. The van der Waals surface area contributed by atoms with Crippen LogP contribution in [-0.2, 0) is 4.79 Å². The maximum absolute atomic E-state index is 12.4. The van der Waals surface area contributed by atoms with Gasteiger partial charge < -0.3 is 0 Å². The van der Waals surface area contributed by atoms with Crippen molar-refractivity contribution in [1.82, 2.24) is 0 Å². The molecule has 1 unspecified atom stereocenters. The van der Waals surface area contributed by atoms with Crippen LogP contribution < -0.4 is 0 Å². The normalized spacial score (nSPS) is 12.9. The molecule has 0 saturated heterocycles. The summed E-state index contributed by atoms with van der Waals surface area (Å²) in [6.07, 6.45) is -2.50. The molecule has 0 fully saturated rings. The van der Waals surface area contributed by atoms with E-state index in [9.17, 15) is 13.6 Å². The number of carbonyl (C=O) groups excluding carboxylic acids is 1. The third kappa shape index (κ3) is 2.75. The van der Waals surface area contributed by atoms with Crippen molar-refractivity contribution in [3.63, 3.8) is 0 Å². The molecule has 0 heterocycles. The Morgan fingerprint density at radius 2 is 2.00 bits per heavy atom. The molecule has 0 aliphatic heterocycles. The second-order valence-corrected chi connectivity index (χ2v) is 3.83. The molecule has 1 rings (SSSR count). The fraction of sp³-hybridized carbons (Fsp3) is 0.364. The van der Waals surface area contributed by atoms with Gasteiger partial charge in [0.05, 0.1) is 0 Å². The molecule has 0 aromatic heterocycles. The minimum absolute atomic E-state index is 0.0221. The average molecular weight is 233 g/mol. The molecular weight excluding hydrogens is 222 g/mol. The molecule has 1 atom stereocenters. The number of halogens is 3. The van der Waals surface area contributed by atoms with E-state index in [1.807, 2.05) is 0 Å². The number of carbonyl (C=O) groups is 1. The molecule has 0 aliphatic rings. The summed E-state index contributed by atoms with van der Waals surface area (Å²) < 4.78 is 24.8. The van der Waals surface area contributed by atoms with Gasteiger partial charge in [0.25, 0.3) is 6.43 Å². The van der Waals surface area contributed by atoms with Gasteiger partial charge in [-0.05, 0) is 25.0 Å². The average Bonchev–Trinajstić information content (AvgIpc) is 2.15. The third-order valence-electron chi connectivity index (χ3n) is 2.18. The highest BCUT2D eigenvalue weighted by Gasteiger charge is 2.16. The molecule has 0 radical (unpaired) electrons. The SMILES string of the molecule is CC(=O)C(Cl)c1ccc(C(F)F)c(C)c1. The summed E-state index contributed by atoms with van der Waals surface area (Å²) in [4.78, 5) is 11.0. The highest BCUT2D eigenvalue weighted by Crippen LogP contribution is 2.28. The second kappa shape index (κ2) is 4.71. The van der Waals surface area contributed by atoms with E-state index in [4.69, 9.17) is 11.6 Å². The number of hydrogen-bond acceptors (Lipinski definition) is 1. The molecule has 1 aromatic rings. The second-order valence-electron chi connectivity index (χ2n) is 3.39. The Morgan fingerprint density at radius 1 is 1.40 bits per heavy atom. The molecule has 0 amide bonds. The number of ketones is 1. The summed E-state index contributed by atoms with van der Waals surface area (Å²) in [5, 5.41) is -0.754. The molecule has 1 aromatic carbocycles. The fourth-order valence-corrected chi connectivity index (χ4v) is 1.47. The van der Waals surface area contributed by atoms with Gasteiger partial charge in [-0.25, -0.2) is 8.78 Å². The van der Waals surface area contributed by atoms with Gasteiger partial charge in [0.2, 0.25) is 0 Å². The van der Waals surface area contributed by atoms with E-state index in [0.29, 0.717) is 11.1 Å². The number of rotatable bonds is 3. The van der Waals surface area contributed by atoms with Crippen molar-refractivity contribution in [2.24, 2.45) is 0 Å². The fourth-order valence-electron chi connectivity index (χ4n) is 1.34. The zero-order valence-electron chi connectivity index (χ0n) is 8.43. The van der Waals surface area contributed by atoms with Gasteiger partial charge >= 0.3 is 0 Å². The lowest BCUT2D eigenvalue weighted by molar-refractivity contribution is -0.116. The van der Waals surface area contributed by atoms with Crippen LogP contribution >= 0.6 is 11.6 Å². The summed E-state index contributed by atoms with van der Waals surface area (Å²) in [5.74, 6) is -0.194. The van der Waals surface area contributed by atoms with Gasteiger partial charge in [-0.1, -0.05) is 18.2 Å². The van der Waals surface area contributed by atoms with Crippen molar-refractivity contribution in [2.45, 2.75) is 25.7 Å². The number of benzene rings is 1. The standard InChI is InChI=1S/C11H11ClF2O/c1-6-5-8(10(12)7(2)15)3-4-9(6)11(13)14/h3-5,10-11H,1-2H3. The van der Waals surface area contributed by atoms with E-state index in [-0.39, 0.29) is 11.3 Å². The first-order valence-electron chi connectivity index (χ1n) is 4.46. The highest BCUT2D eigenvalue weighted by molar-refractivity contribution is 6.30. The lowest BCUT2D eigenvalue weighted by atomic mass is 10.0. The van der Waals surface area contributed by atoms with Crippen molar-refractivity contribution < 1.29 is 13.6 Å². The van der Waals surface area contributed by atoms with Gasteiger partial charge in [-0.15, -0.1) is 11.6 Å². The van der Waals surface area contributed by atoms with Crippen molar-refractivity contribution in [3.05, 3.63) is 34.9 Å². The minimum atomic E-state index is -2.50. The predicted octanol–water partition coefficient (Wildman–Crippen LogP) is 3.80. The molecular formula is C11H11ClF2O. The van der Waals surface area contributed by atoms with Gasteiger partial charge in [0, 0.05) is 5.56 Å². The maximum atomic E-state index is 12.4. The molecule has 15 heavy (non-hydrogen) atoms. The quantitative estimate of drug-likeness (QED) is 0.725. The van der Waals surface area contributed by atoms with Crippen LogP contribution in [0.25, 0.3) is 0 Å². The molecule has 0 saturated carbocycles. The summed E-state index contributed by atoms with van der Waals surface area (Å²) in [6.45, 7) is 2.95. The van der Waals surface area contributed by atoms with Crippen LogP contribution in [0.4, 0.5) is 8.78 Å². The number of hydrogen-bond donors (Lipinski definition) is 0. The Balaban J connectivity index is 3.06. The highest BCUT2D eigenvalue weighted by atomic mass is 35.5. The summed E-state index contributed by atoms with van der Waals surface area (Å²) >= 11 is 5.81. The van der Waals surface area contributed by atoms with Crippen LogP contribution in [0.1, 0.15) is 35.4 Å². The zero-order chi connectivity index (χ0) is 11.6. The summed E-state index contributed by atoms with van der Waals surface area (Å²) in [5.41, 5.74) is 0.992. The van der Waals surface area contributed by atoms with Crippen molar-refractivity contribution in [2.75, 3.05) is 0 Å². The van der Waals surface area contributed by atoms with E-state index in [0.717, 1.165) is 0 Å². The Morgan fingerprint density at radius 3 is 2.40 bits per heavy atom. The first kappa shape index (κ1) is 12.1. The molecule has 0 N–H and O–H groups in total. The Bertz CT molecular complexity index is 377. The lowest BCUT2D eigenvalue weighted by Crippen LogP contribution is -2.02. The molecule has 1 nitrogen and oxygen atoms in total. The van der Waals surface area contributed by atoms with Crippen LogP contribution in [0, 0.1) is 6.92 Å². The largest absolute Gasteiger partial charge is 0.298 e. The topological polar surface area (TPSA) is 17.1 Å². The smallest absolute Gasteiger partial charge is 0.264 e. The summed E-state index contributed by atoms with van der Waals surface area (Å²) in [6, 6.07) is 4.31. The molecule has 82 valence electrons. The zero-order valence-corrected chi connectivity index (χ0v) is 9.18. The molecule has 0 aliphatic carbocycles. The molecule has 0 bridgehead atoms. The van der Waals surface area contributed by atoms with Gasteiger partial charge in [-0.3, -0.25) is 4.79 Å². The lowest BCUT2D eigenvalue weighted by Gasteiger charge is -2.10. The van der Waals surface area contributed by atoms with Crippen LogP contribution in [0.15, 0.2) is 18.2 Å². The predicted molar refractivity (Wildman–Crippen MR) is 55.4 cm³/mol. The van der Waals surface area contributed by atoms with E-state index in [1.165, 1.54) is 25.1 Å². The molecule has 4 heteroatoms. The van der Waals surface area contributed by atoms with Crippen LogP contribution in [0.3, 0.4) is 0 Å². The van der Waals surface area contributed by atoms with Gasteiger partial charge in [0.1, 0.15) is 5.38 Å². The van der Waals surface area contributed by atoms with Crippen LogP contribution in [0.2, 0.25) is 0 Å². The third-order valence-corrected chi connectivity index (χ3v) is 2.74. The van der Waals surface area contributed by atoms with Gasteiger partial charge in [-0.2, -0.15) is 0 Å². The van der Waals surface area contributed by atoms with Crippen LogP contribution in [0.5, 0.6) is 0 Å². The number of aryl methyl sites for hydroxylation is 1. The Hall–Kier alpha value is -0.960.